The van der Waals surface area contributed by atoms with E-state index in [0.29, 0.717) is 16.0 Å². The summed E-state index contributed by atoms with van der Waals surface area (Å²) in [6.07, 6.45) is -4.42. The van der Waals surface area contributed by atoms with Crippen molar-refractivity contribution in [2.45, 2.75) is 19.6 Å². The minimum Gasteiger partial charge on any atom is -0.311 e. The highest BCUT2D eigenvalue weighted by molar-refractivity contribution is 9.10. The van der Waals surface area contributed by atoms with Gasteiger partial charge < -0.3 is 5.32 Å². The van der Waals surface area contributed by atoms with Crippen LogP contribution in [0.1, 0.15) is 17.5 Å². The molecule has 0 amide bonds. The minimum absolute atomic E-state index is 0.0564. The van der Waals surface area contributed by atoms with Crippen molar-refractivity contribution in [3.8, 4) is 10.6 Å². The third-order valence-corrected chi connectivity index (χ3v) is 3.96. The first-order chi connectivity index (χ1) is 9.41. The van der Waals surface area contributed by atoms with E-state index in [1.54, 1.807) is 6.07 Å². The zero-order valence-electron chi connectivity index (χ0n) is 10.5. The largest absolute Gasteiger partial charge is 0.417 e. The summed E-state index contributed by atoms with van der Waals surface area (Å²) in [5, 5.41) is 11.8. The fourth-order valence-electron chi connectivity index (χ4n) is 1.60. The van der Waals surface area contributed by atoms with E-state index in [-0.39, 0.29) is 10.6 Å². The molecule has 8 heteroatoms. The van der Waals surface area contributed by atoms with Gasteiger partial charge in [-0.15, -0.1) is 10.2 Å². The summed E-state index contributed by atoms with van der Waals surface area (Å²) >= 11 is 4.22. The molecule has 0 aliphatic carbocycles. The van der Waals surface area contributed by atoms with E-state index < -0.39 is 11.7 Å². The maximum Gasteiger partial charge on any atom is 0.417 e. The maximum atomic E-state index is 13.0. The number of nitrogens with one attached hydrogen (secondary N) is 1. The topological polar surface area (TPSA) is 37.8 Å². The highest BCUT2D eigenvalue weighted by Gasteiger charge is 2.34. The summed E-state index contributed by atoms with van der Waals surface area (Å²) in [4.78, 5) is 0. The number of benzene rings is 1. The molecule has 0 aliphatic rings. The molecule has 20 heavy (non-hydrogen) atoms. The van der Waals surface area contributed by atoms with Crippen LogP contribution < -0.4 is 5.32 Å². The number of aromatic nitrogens is 2. The lowest BCUT2D eigenvalue weighted by Crippen LogP contribution is -2.11. The summed E-state index contributed by atoms with van der Waals surface area (Å²) in [6, 6.07) is 4.03. The van der Waals surface area contributed by atoms with E-state index in [2.05, 4.69) is 31.4 Å². The van der Waals surface area contributed by atoms with Gasteiger partial charge in [-0.05, 0) is 18.7 Å². The van der Waals surface area contributed by atoms with Gasteiger partial charge in [-0.3, -0.25) is 0 Å². The minimum atomic E-state index is -4.42. The van der Waals surface area contributed by atoms with Gasteiger partial charge in [0.15, 0.2) is 0 Å². The van der Waals surface area contributed by atoms with Gasteiger partial charge in [0.2, 0.25) is 0 Å². The van der Waals surface area contributed by atoms with Crippen molar-refractivity contribution < 1.29 is 13.2 Å². The van der Waals surface area contributed by atoms with E-state index in [1.165, 1.54) is 6.07 Å². The first-order valence-electron chi connectivity index (χ1n) is 5.82. The lowest BCUT2D eigenvalue weighted by Gasteiger charge is -2.11. The summed E-state index contributed by atoms with van der Waals surface area (Å²) in [5.74, 6) is 0. The molecule has 2 rings (SSSR count). The second-order valence-corrected chi connectivity index (χ2v) is 5.95. The van der Waals surface area contributed by atoms with E-state index in [0.717, 1.165) is 23.9 Å². The van der Waals surface area contributed by atoms with Crippen molar-refractivity contribution >= 4 is 27.3 Å². The molecule has 0 radical (unpaired) electrons. The van der Waals surface area contributed by atoms with Crippen molar-refractivity contribution in [1.29, 1.82) is 0 Å². The fourth-order valence-corrected chi connectivity index (χ4v) is 2.81. The molecule has 0 atom stereocenters. The van der Waals surface area contributed by atoms with E-state index in [4.69, 9.17) is 0 Å². The monoisotopic (exact) mass is 365 g/mol. The second-order valence-electron chi connectivity index (χ2n) is 3.97. The predicted octanol–water partition coefficient (Wildman–Crippen LogP) is 4.10. The van der Waals surface area contributed by atoms with Gasteiger partial charge in [-0.1, -0.05) is 40.3 Å². The Morgan fingerprint density at radius 3 is 2.70 bits per heavy atom. The molecule has 0 saturated carbocycles. The average molecular weight is 366 g/mol. The second kappa shape index (κ2) is 6.19. The Balaban J connectivity index is 2.39. The van der Waals surface area contributed by atoms with Crippen LogP contribution in [-0.2, 0) is 12.7 Å². The zero-order chi connectivity index (χ0) is 14.8. The summed E-state index contributed by atoms with van der Waals surface area (Å²) in [5.41, 5.74) is -0.654. The van der Waals surface area contributed by atoms with Crippen LogP contribution in [0, 0.1) is 0 Å². The molecular weight excluding hydrogens is 355 g/mol. The average Bonchev–Trinajstić information content (AvgIpc) is 2.84. The summed E-state index contributed by atoms with van der Waals surface area (Å²) in [7, 11) is 0. The molecule has 0 aliphatic heterocycles. The fraction of sp³-hybridized carbons (Fsp3) is 0.333. The third kappa shape index (κ3) is 3.56. The Kier molecular flexibility index (Phi) is 4.77. The predicted molar refractivity (Wildman–Crippen MR) is 75.4 cm³/mol. The standard InChI is InChI=1S/C12H11BrF3N3S/c1-2-17-6-10-18-19-11(20-10)8-4-3-7(13)5-9(8)12(14,15)16/h3-5,17H,2,6H2,1H3. The maximum absolute atomic E-state index is 13.0. The molecular formula is C12H11BrF3N3S. The highest BCUT2D eigenvalue weighted by atomic mass is 79.9. The van der Waals surface area contributed by atoms with Crippen LogP contribution >= 0.6 is 27.3 Å². The Labute approximate surface area is 126 Å². The number of nitrogens with zero attached hydrogens (tertiary/aromatic N) is 2. The molecule has 1 aromatic carbocycles. The van der Waals surface area contributed by atoms with Crippen molar-refractivity contribution in [1.82, 2.24) is 15.5 Å². The number of hydrogen-bond acceptors (Lipinski definition) is 4. The van der Waals surface area contributed by atoms with E-state index >= 15 is 0 Å². The Morgan fingerprint density at radius 1 is 1.30 bits per heavy atom. The number of hydrogen-bond donors (Lipinski definition) is 1. The highest BCUT2D eigenvalue weighted by Crippen LogP contribution is 2.39. The van der Waals surface area contributed by atoms with E-state index in [1.807, 2.05) is 6.92 Å². The quantitative estimate of drug-likeness (QED) is 0.886. The Hall–Kier alpha value is -0.990. The molecule has 1 N–H and O–H groups in total. The summed E-state index contributed by atoms with van der Waals surface area (Å²) < 4.78 is 39.5. The van der Waals surface area contributed by atoms with Gasteiger partial charge in [0, 0.05) is 16.6 Å². The van der Waals surface area contributed by atoms with Crippen LogP contribution in [-0.4, -0.2) is 16.7 Å². The van der Waals surface area contributed by atoms with Crippen molar-refractivity contribution in [2.75, 3.05) is 6.54 Å². The Bertz CT molecular complexity index is 598. The summed E-state index contributed by atoms with van der Waals surface area (Å²) in [6.45, 7) is 3.21. The third-order valence-electron chi connectivity index (χ3n) is 2.51. The van der Waals surface area contributed by atoms with Gasteiger partial charge in [0.05, 0.1) is 5.56 Å². The number of alkyl halides is 3. The van der Waals surface area contributed by atoms with Crippen LogP contribution in [0.5, 0.6) is 0 Å². The molecule has 1 aromatic heterocycles. The molecule has 0 spiro atoms. The van der Waals surface area contributed by atoms with E-state index in [9.17, 15) is 13.2 Å². The van der Waals surface area contributed by atoms with Crippen LogP contribution in [0.2, 0.25) is 0 Å². The molecule has 0 fully saturated rings. The molecule has 108 valence electrons. The first kappa shape index (κ1) is 15.4. The Morgan fingerprint density at radius 2 is 2.05 bits per heavy atom. The van der Waals surface area contributed by atoms with Gasteiger partial charge in [0.1, 0.15) is 10.0 Å². The normalized spacial score (nSPS) is 11.8. The van der Waals surface area contributed by atoms with Crippen LogP contribution in [0.25, 0.3) is 10.6 Å². The van der Waals surface area contributed by atoms with Gasteiger partial charge in [0.25, 0.3) is 0 Å². The molecule has 2 aromatic rings. The first-order valence-corrected chi connectivity index (χ1v) is 7.43. The van der Waals surface area contributed by atoms with Crippen LogP contribution in [0.4, 0.5) is 13.2 Å². The lowest BCUT2D eigenvalue weighted by molar-refractivity contribution is -0.137. The smallest absolute Gasteiger partial charge is 0.311 e. The molecule has 0 unspecified atom stereocenters. The molecule has 1 heterocycles. The van der Waals surface area contributed by atoms with Crippen LogP contribution in [0.3, 0.4) is 0 Å². The zero-order valence-corrected chi connectivity index (χ0v) is 12.9. The van der Waals surface area contributed by atoms with Gasteiger partial charge in [-0.25, -0.2) is 0 Å². The number of rotatable bonds is 4. The molecule has 0 bridgehead atoms. The van der Waals surface area contributed by atoms with Crippen molar-refractivity contribution in [3.05, 3.63) is 33.2 Å². The number of halogens is 4. The van der Waals surface area contributed by atoms with Crippen LogP contribution in [0.15, 0.2) is 22.7 Å². The van der Waals surface area contributed by atoms with Crippen molar-refractivity contribution in [2.24, 2.45) is 0 Å². The lowest BCUT2D eigenvalue weighted by atomic mass is 10.1. The molecule has 0 saturated heterocycles. The van der Waals surface area contributed by atoms with Gasteiger partial charge >= 0.3 is 6.18 Å². The molecule has 3 nitrogen and oxygen atoms in total. The van der Waals surface area contributed by atoms with Crippen molar-refractivity contribution in [3.63, 3.8) is 0 Å². The SMILES string of the molecule is CCNCc1nnc(-c2ccc(Br)cc2C(F)(F)F)s1. The van der Waals surface area contributed by atoms with Gasteiger partial charge in [-0.2, -0.15) is 13.2 Å².